The number of halogens is 1. The number of hydrogen-bond donors (Lipinski definition) is 0. The first kappa shape index (κ1) is 13.6. The summed E-state index contributed by atoms with van der Waals surface area (Å²) in [6.07, 6.45) is 0. The van der Waals surface area contributed by atoms with Crippen molar-refractivity contribution < 1.29 is 13.2 Å². The van der Waals surface area contributed by atoms with Crippen LogP contribution in [0.5, 0.6) is 0 Å². The van der Waals surface area contributed by atoms with Crippen LogP contribution < -0.4 is 0 Å². The molecule has 0 saturated carbocycles. The Morgan fingerprint density at radius 2 is 1.75 bits per heavy atom. The quantitative estimate of drug-likeness (QED) is 0.618. The average Bonchev–Trinajstić information content (AvgIpc) is 2.17. The summed E-state index contributed by atoms with van der Waals surface area (Å²) >= 11 is 1.70. The van der Waals surface area contributed by atoms with Crippen LogP contribution in [-0.2, 0) is 15.6 Å². The molecule has 0 bridgehead atoms. The molecule has 0 aromatic heterocycles. The van der Waals surface area contributed by atoms with Gasteiger partial charge in [0.1, 0.15) is 0 Å². The van der Waals surface area contributed by atoms with Crippen LogP contribution in [0, 0.1) is 0 Å². The van der Waals surface area contributed by atoms with Crippen molar-refractivity contribution >= 4 is 36.2 Å². The van der Waals surface area contributed by atoms with E-state index in [1.165, 1.54) is 0 Å². The van der Waals surface area contributed by atoms with E-state index in [2.05, 4.69) is 0 Å². The van der Waals surface area contributed by atoms with Crippen molar-refractivity contribution in [1.29, 1.82) is 0 Å². The molecular weight excluding hydrogens is 339 g/mol. The lowest BCUT2D eigenvalue weighted by atomic mass is 10.2. The third-order valence-electron chi connectivity index (χ3n) is 2.27. The first-order chi connectivity index (χ1) is 7.33. The van der Waals surface area contributed by atoms with Gasteiger partial charge in [-0.2, -0.15) is 0 Å². The van der Waals surface area contributed by atoms with Gasteiger partial charge in [-0.25, -0.2) is 8.42 Å². The molecule has 0 fully saturated rings. The SMILES string of the molecule is CC(C)S(=O)(=O)Cc1ccc(C(=O)I)cc1. The van der Waals surface area contributed by atoms with Gasteiger partial charge in [0.2, 0.25) is 3.79 Å². The zero-order valence-corrected chi connectivity index (χ0v) is 12.1. The second kappa shape index (κ2) is 5.27. The highest BCUT2D eigenvalue weighted by Gasteiger charge is 2.16. The number of hydrogen-bond acceptors (Lipinski definition) is 3. The second-order valence-electron chi connectivity index (χ2n) is 3.83. The van der Waals surface area contributed by atoms with Crippen LogP contribution in [0.4, 0.5) is 0 Å². The molecule has 0 heterocycles. The van der Waals surface area contributed by atoms with Gasteiger partial charge in [-0.05, 0) is 19.4 Å². The molecule has 0 saturated heterocycles. The Morgan fingerprint density at radius 1 is 1.25 bits per heavy atom. The van der Waals surface area contributed by atoms with Crippen LogP contribution in [-0.4, -0.2) is 17.5 Å². The Kier molecular flexibility index (Phi) is 4.49. The molecule has 1 rings (SSSR count). The third kappa shape index (κ3) is 3.55. The van der Waals surface area contributed by atoms with Gasteiger partial charge >= 0.3 is 0 Å². The number of carbonyl (C=O) groups is 1. The largest absolute Gasteiger partial charge is 0.282 e. The fourth-order valence-corrected chi connectivity index (χ4v) is 2.48. The van der Waals surface area contributed by atoms with Gasteiger partial charge < -0.3 is 0 Å². The van der Waals surface area contributed by atoms with Crippen LogP contribution >= 0.6 is 22.6 Å². The molecule has 0 aliphatic heterocycles. The van der Waals surface area contributed by atoms with Crippen molar-refractivity contribution in [2.75, 3.05) is 0 Å². The molecular formula is C11H13IO3S. The zero-order valence-electron chi connectivity index (χ0n) is 9.10. The van der Waals surface area contributed by atoms with Gasteiger partial charge in [0, 0.05) is 28.2 Å². The van der Waals surface area contributed by atoms with Crippen molar-refractivity contribution in [1.82, 2.24) is 0 Å². The van der Waals surface area contributed by atoms with E-state index < -0.39 is 9.84 Å². The maximum atomic E-state index is 11.7. The number of carbonyl (C=O) groups excluding carboxylic acids is 1. The fourth-order valence-electron chi connectivity index (χ4n) is 1.13. The monoisotopic (exact) mass is 352 g/mol. The van der Waals surface area contributed by atoms with E-state index in [-0.39, 0.29) is 14.8 Å². The summed E-state index contributed by atoms with van der Waals surface area (Å²) in [5.41, 5.74) is 1.31. The molecule has 0 amide bonds. The molecule has 0 N–H and O–H groups in total. The summed E-state index contributed by atoms with van der Waals surface area (Å²) in [5, 5.41) is -0.376. The molecule has 1 aromatic carbocycles. The Balaban J connectivity index is 2.89. The fraction of sp³-hybridized carbons (Fsp3) is 0.364. The molecule has 0 aliphatic rings. The van der Waals surface area contributed by atoms with Crippen LogP contribution in [0.2, 0.25) is 0 Å². The van der Waals surface area contributed by atoms with Gasteiger partial charge in [-0.3, -0.25) is 4.79 Å². The minimum absolute atomic E-state index is 0.0282. The summed E-state index contributed by atoms with van der Waals surface area (Å²) in [7, 11) is -3.07. The van der Waals surface area contributed by atoms with Crippen molar-refractivity contribution in [2.24, 2.45) is 0 Å². The summed E-state index contributed by atoms with van der Waals surface area (Å²) in [6, 6.07) is 6.68. The van der Waals surface area contributed by atoms with Gasteiger partial charge in [0.15, 0.2) is 9.84 Å². The van der Waals surface area contributed by atoms with Crippen LogP contribution in [0.1, 0.15) is 29.8 Å². The second-order valence-corrected chi connectivity index (χ2v) is 7.36. The molecule has 0 spiro atoms. The summed E-state index contributed by atoms with van der Waals surface area (Å²) < 4.78 is 23.3. The van der Waals surface area contributed by atoms with Crippen LogP contribution in [0.3, 0.4) is 0 Å². The summed E-state index contributed by atoms with van der Waals surface area (Å²) in [6.45, 7) is 3.33. The van der Waals surface area contributed by atoms with E-state index in [1.807, 2.05) is 0 Å². The van der Waals surface area contributed by atoms with Crippen molar-refractivity contribution in [2.45, 2.75) is 24.9 Å². The first-order valence-corrected chi connectivity index (χ1v) is 7.62. The lowest BCUT2D eigenvalue weighted by molar-refractivity contribution is 0.110. The smallest absolute Gasteiger partial charge is 0.222 e. The molecule has 0 unspecified atom stereocenters. The normalized spacial score (nSPS) is 11.8. The van der Waals surface area contributed by atoms with Gasteiger partial charge in [0.05, 0.1) is 11.0 Å². The molecule has 16 heavy (non-hydrogen) atoms. The Bertz CT molecular complexity index is 474. The van der Waals surface area contributed by atoms with E-state index in [1.54, 1.807) is 60.7 Å². The molecule has 1 aromatic rings. The van der Waals surface area contributed by atoms with Gasteiger partial charge in [0.25, 0.3) is 0 Å². The summed E-state index contributed by atoms with van der Waals surface area (Å²) in [5.74, 6) is 0.0282. The van der Waals surface area contributed by atoms with Crippen molar-refractivity contribution in [3.8, 4) is 0 Å². The number of benzene rings is 1. The minimum atomic E-state index is -3.07. The Hall–Kier alpha value is -0.430. The highest BCUT2D eigenvalue weighted by molar-refractivity contribution is 14.1. The Labute approximate surface area is 109 Å². The maximum Gasteiger partial charge on any atom is 0.222 e. The zero-order chi connectivity index (χ0) is 12.3. The minimum Gasteiger partial charge on any atom is -0.282 e. The highest BCUT2D eigenvalue weighted by Crippen LogP contribution is 2.13. The molecule has 0 aliphatic carbocycles. The Morgan fingerprint density at radius 3 is 2.12 bits per heavy atom. The van der Waals surface area contributed by atoms with Gasteiger partial charge in [-0.15, -0.1) is 0 Å². The molecule has 3 nitrogen and oxygen atoms in total. The van der Waals surface area contributed by atoms with Crippen LogP contribution in [0.15, 0.2) is 24.3 Å². The van der Waals surface area contributed by atoms with E-state index >= 15 is 0 Å². The van der Waals surface area contributed by atoms with E-state index in [0.29, 0.717) is 5.56 Å². The molecule has 0 atom stereocenters. The van der Waals surface area contributed by atoms with Crippen molar-refractivity contribution in [3.05, 3.63) is 35.4 Å². The highest BCUT2D eigenvalue weighted by atomic mass is 127. The van der Waals surface area contributed by atoms with Gasteiger partial charge in [-0.1, -0.05) is 24.3 Å². The standard InChI is InChI=1S/C11H13IO3S/c1-8(2)16(14,15)7-9-3-5-10(6-4-9)11(12)13/h3-6,8H,7H2,1-2H3. The lowest BCUT2D eigenvalue weighted by Crippen LogP contribution is -2.15. The molecule has 88 valence electrons. The van der Waals surface area contributed by atoms with Crippen molar-refractivity contribution in [3.63, 3.8) is 0 Å². The molecule has 5 heteroatoms. The predicted octanol–water partition coefficient (Wildman–Crippen LogP) is 2.59. The van der Waals surface area contributed by atoms with E-state index in [9.17, 15) is 13.2 Å². The predicted molar refractivity (Wildman–Crippen MR) is 72.6 cm³/mol. The third-order valence-corrected chi connectivity index (χ3v) is 5.06. The van der Waals surface area contributed by atoms with E-state index in [4.69, 9.17) is 0 Å². The molecule has 0 radical (unpaired) electrons. The maximum absolute atomic E-state index is 11.7. The van der Waals surface area contributed by atoms with Crippen LogP contribution in [0.25, 0.3) is 0 Å². The lowest BCUT2D eigenvalue weighted by Gasteiger charge is -2.07. The summed E-state index contributed by atoms with van der Waals surface area (Å²) in [4.78, 5) is 11.0. The van der Waals surface area contributed by atoms with E-state index in [0.717, 1.165) is 5.56 Å². The average molecular weight is 352 g/mol. The first-order valence-electron chi connectivity index (χ1n) is 4.83. The topological polar surface area (TPSA) is 51.2 Å². The number of rotatable bonds is 4. The number of sulfone groups is 1.